The van der Waals surface area contributed by atoms with E-state index in [1.807, 2.05) is 42.5 Å². The Hall–Kier alpha value is -1.45. The van der Waals surface area contributed by atoms with E-state index in [-0.39, 0.29) is 11.5 Å². The standard InChI is InChI=1S/C16H15ClO2S/c17-15-8-6-14(7-9-15)11-20(19)12-16(18)10-13-4-2-1-3-5-13/h1-9H,10-12H2. The van der Waals surface area contributed by atoms with E-state index in [2.05, 4.69) is 0 Å². The molecule has 0 aromatic heterocycles. The second-order valence-corrected chi connectivity index (χ2v) is 6.45. The van der Waals surface area contributed by atoms with E-state index >= 15 is 0 Å². The molecule has 0 aliphatic heterocycles. The molecule has 0 radical (unpaired) electrons. The Balaban J connectivity index is 1.85. The maximum Gasteiger partial charge on any atom is 0.149 e. The second kappa shape index (κ2) is 7.36. The minimum atomic E-state index is -1.17. The van der Waals surface area contributed by atoms with Gasteiger partial charge in [0.05, 0.1) is 5.75 Å². The van der Waals surface area contributed by atoms with Crippen molar-refractivity contribution in [3.05, 3.63) is 70.7 Å². The first-order chi connectivity index (χ1) is 9.63. The summed E-state index contributed by atoms with van der Waals surface area (Å²) >= 11 is 5.79. The normalized spacial score (nSPS) is 12.1. The number of hydrogen-bond donors (Lipinski definition) is 0. The van der Waals surface area contributed by atoms with Gasteiger partial charge >= 0.3 is 0 Å². The molecule has 0 aliphatic carbocycles. The topological polar surface area (TPSA) is 34.1 Å². The molecule has 0 saturated carbocycles. The molecule has 0 fully saturated rings. The number of benzene rings is 2. The number of carbonyl (C=O) groups excluding carboxylic acids is 1. The molecule has 104 valence electrons. The summed E-state index contributed by atoms with van der Waals surface area (Å²) in [5.41, 5.74) is 1.89. The van der Waals surface area contributed by atoms with Gasteiger partial charge in [-0.05, 0) is 23.3 Å². The van der Waals surface area contributed by atoms with Crippen LogP contribution in [0.5, 0.6) is 0 Å². The summed E-state index contributed by atoms with van der Waals surface area (Å²) in [4.78, 5) is 11.9. The van der Waals surface area contributed by atoms with E-state index < -0.39 is 10.8 Å². The van der Waals surface area contributed by atoms with Crippen LogP contribution >= 0.6 is 11.6 Å². The number of hydrogen-bond acceptors (Lipinski definition) is 2. The van der Waals surface area contributed by atoms with Crippen molar-refractivity contribution in [3.63, 3.8) is 0 Å². The van der Waals surface area contributed by atoms with Gasteiger partial charge in [-0.3, -0.25) is 9.00 Å². The van der Waals surface area contributed by atoms with Crippen molar-refractivity contribution in [2.24, 2.45) is 0 Å². The van der Waals surface area contributed by atoms with Gasteiger partial charge < -0.3 is 0 Å². The van der Waals surface area contributed by atoms with E-state index in [4.69, 9.17) is 11.6 Å². The lowest BCUT2D eigenvalue weighted by Gasteiger charge is -2.03. The largest absolute Gasteiger partial charge is 0.298 e. The van der Waals surface area contributed by atoms with E-state index in [1.165, 1.54) is 0 Å². The third-order valence-corrected chi connectivity index (χ3v) is 4.36. The van der Waals surface area contributed by atoms with Crippen molar-refractivity contribution in [1.29, 1.82) is 0 Å². The van der Waals surface area contributed by atoms with Crippen molar-refractivity contribution in [2.75, 3.05) is 5.75 Å². The van der Waals surface area contributed by atoms with Gasteiger partial charge in [0.1, 0.15) is 5.78 Å². The Labute approximate surface area is 126 Å². The fraction of sp³-hybridized carbons (Fsp3) is 0.188. The number of halogens is 1. The summed E-state index contributed by atoms with van der Waals surface area (Å²) in [6, 6.07) is 16.7. The Morgan fingerprint density at radius 3 is 2.25 bits per heavy atom. The number of rotatable bonds is 6. The van der Waals surface area contributed by atoms with E-state index in [1.54, 1.807) is 12.1 Å². The quantitative estimate of drug-likeness (QED) is 0.819. The molecule has 0 spiro atoms. The average molecular weight is 307 g/mol. The molecule has 4 heteroatoms. The lowest BCUT2D eigenvalue weighted by atomic mass is 10.1. The fourth-order valence-corrected chi connectivity index (χ4v) is 3.13. The minimum Gasteiger partial charge on any atom is -0.298 e. The molecule has 2 aromatic rings. The van der Waals surface area contributed by atoms with Crippen LogP contribution in [-0.4, -0.2) is 15.7 Å². The van der Waals surface area contributed by atoms with Gasteiger partial charge in [0.15, 0.2) is 0 Å². The molecule has 0 saturated heterocycles. The van der Waals surface area contributed by atoms with Crippen molar-refractivity contribution < 1.29 is 9.00 Å². The van der Waals surface area contributed by atoms with Gasteiger partial charge in [-0.25, -0.2) is 0 Å². The van der Waals surface area contributed by atoms with Gasteiger partial charge in [-0.1, -0.05) is 54.1 Å². The summed E-state index contributed by atoms with van der Waals surface area (Å²) in [5, 5.41) is 0.652. The van der Waals surface area contributed by atoms with Gasteiger partial charge in [0.25, 0.3) is 0 Å². The summed E-state index contributed by atoms with van der Waals surface area (Å²) in [5.74, 6) is 0.485. The van der Waals surface area contributed by atoms with Crippen LogP contribution in [0.2, 0.25) is 5.02 Å². The SMILES string of the molecule is O=C(Cc1ccccc1)CS(=O)Cc1ccc(Cl)cc1. The first-order valence-electron chi connectivity index (χ1n) is 6.28. The van der Waals surface area contributed by atoms with Gasteiger partial charge in [0, 0.05) is 28.0 Å². The Kier molecular flexibility index (Phi) is 5.50. The molecular weight excluding hydrogens is 292 g/mol. The van der Waals surface area contributed by atoms with Crippen LogP contribution in [0.4, 0.5) is 0 Å². The lowest BCUT2D eigenvalue weighted by molar-refractivity contribution is -0.116. The molecule has 1 atom stereocenters. The Morgan fingerprint density at radius 1 is 0.950 bits per heavy atom. The Morgan fingerprint density at radius 2 is 1.60 bits per heavy atom. The molecule has 2 nitrogen and oxygen atoms in total. The lowest BCUT2D eigenvalue weighted by Crippen LogP contribution is -2.14. The highest BCUT2D eigenvalue weighted by Crippen LogP contribution is 2.11. The summed E-state index contributed by atoms with van der Waals surface area (Å²) < 4.78 is 12.0. The monoisotopic (exact) mass is 306 g/mol. The van der Waals surface area contributed by atoms with E-state index in [0.717, 1.165) is 11.1 Å². The molecule has 2 aromatic carbocycles. The molecule has 0 N–H and O–H groups in total. The zero-order valence-electron chi connectivity index (χ0n) is 10.9. The molecule has 0 amide bonds. The molecular formula is C16H15ClO2S. The zero-order chi connectivity index (χ0) is 14.4. The van der Waals surface area contributed by atoms with Crippen LogP contribution in [-0.2, 0) is 27.8 Å². The molecule has 20 heavy (non-hydrogen) atoms. The molecule has 0 heterocycles. The maximum atomic E-state index is 12.0. The van der Waals surface area contributed by atoms with Crippen molar-refractivity contribution in [2.45, 2.75) is 12.2 Å². The molecule has 1 unspecified atom stereocenters. The third-order valence-electron chi connectivity index (χ3n) is 2.81. The van der Waals surface area contributed by atoms with Crippen LogP contribution in [0.25, 0.3) is 0 Å². The highest BCUT2D eigenvalue weighted by molar-refractivity contribution is 7.84. The zero-order valence-corrected chi connectivity index (χ0v) is 12.5. The van der Waals surface area contributed by atoms with Crippen molar-refractivity contribution >= 4 is 28.2 Å². The second-order valence-electron chi connectivity index (χ2n) is 4.56. The Bertz CT molecular complexity index is 594. The molecule has 0 bridgehead atoms. The highest BCUT2D eigenvalue weighted by atomic mass is 35.5. The summed E-state index contributed by atoms with van der Waals surface area (Å²) in [6.07, 6.45) is 0.340. The first kappa shape index (κ1) is 14.9. The van der Waals surface area contributed by atoms with Crippen LogP contribution in [0.15, 0.2) is 54.6 Å². The average Bonchev–Trinajstić information content (AvgIpc) is 2.42. The summed E-state index contributed by atoms with van der Waals surface area (Å²) in [7, 11) is -1.17. The van der Waals surface area contributed by atoms with Gasteiger partial charge in [-0.15, -0.1) is 0 Å². The van der Waals surface area contributed by atoms with E-state index in [9.17, 15) is 9.00 Å². The number of Topliss-reactive ketones (excluding diaryl/α,β-unsaturated/α-hetero) is 1. The number of carbonyl (C=O) groups is 1. The first-order valence-corrected chi connectivity index (χ1v) is 8.15. The minimum absolute atomic E-state index is 0.00324. The highest BCUT2D eigenvalue weighted by Gasteiger charge is 2.09. The summed E-state index contributed by atoms with van der Waals surface area (Å²) in [6.45, 7) is 0. The molecule has 2 rings (SSSR count). The fourth-order valence-electron chi connectivity index (χ4n) is 1.87. The van der Waals surface area contributed by atoms with Crippen LogP contribution in [0.1, 0.15) is 11.1 Å². The molecule has 0 aliphatic rings. The maximum absolute atomic E-state index is 12.0. The van der Waals surface area contributed by atoms with Crippen LogP contribution < -0.4 is 0 Å². The van der Waals surface area contributed by atoms with Crippen LogP contribution in [0.3, 0.4) is 0 Å². The predicted molar refractivity (Wildman–Crippen MR) is 83.3 cm³/mol. The smallest absolute Gasteiger partial charge is 0.149 e. The number of ketones is 1. The van der Waals surface area contributed by atoms with Crippen LogP contribution in [0, 0.1) is 0 Å². The van der Waals surface area contributed by atoms with E-state index in [0.29, 0.717) is 17.2 Å². The third kappa shape index (κ3) is 4.91. The van der Waals surface area contributed by atoms with Crippen molar-refractivity contribution in [1.82, 2.24) is 0 Å². The predicted octanol–water partition coefficient (Wildman–Crippen LogP) is 3.40. The van der Waals surface area contributed by atoms with Gasteiger partial charge in [0.2, 0.25) is 0 Å². The van der Waals surface area contributed by atoms with Crippen molar-refractivity contribution in [3.8, 4) is 0 Å². The van der Waals surface area contributed by atoms with Gasteiger partial charge in [-0.2, -0.15) is 0 Å².